The summed E-state index contributed by atoms with van der Waals surface area (Å²) in [5.74, 6) is 0. The largest absolute Gasteiger partial charge is 0.371 e. The molecule has 0 aliphatic carbocycles. The molecule has 3 aromatic rings. The summed E-state index contributed by atoms with van der Waals surface area (Å²) in [7, 11) is 0. The molecule has 1 heterocycles. The molecule has 1 aliphatic heterocycles. The number of hydrogen-bond donors (Lipinski definition) is 1. The monoisotopic (exact) mass is 508 g/mol. The highest BCUT2D eigenvalue weighted by molar-refractivity contribution is 9.10. The molecule has 2 nitrogen and oxygen atoms in total. The van der Waals surface area contributed by atoms with Crippen molar-refractivity contribution in [2.75, 3.05) is 5.32 Å². The van der Waals surface area contributed by atoms with E-state index in [4.69, 9.17) is 28.2 Å². The molecule has 1 aliphatic rings. The number of halogens is 4. The van der Waals surface area contributed by atoms with Gasteiger partial charge in [-0.1, -0.05) is 79.3 Å². The molecule has 0 radical (unpaired) electrons. The van der Waals surface area contributed by atoms with Crippen LogP contribution in [0.4, 0.5) is 11.4 Å². The van der Waals surface area contributed by atoms with Gasteiger partial charge in [-0.3, -0.25) is 0 Å². The van der Waals surface area contributed by atoms with Crippen LogP contribution in [0.2, 0.25) is 10.0 Å². The highest BCUT2D eigenvalue weighted by atomic mass is 79.9. The maximum Gasteiger partial charge on any atom is 0.0947 e. The van der Waals surface area contributed by atoms with Crippen LogP contribution in [0.1, 0.15) is 17.2 Å². The molecule has 0 amide bonds. The summed E-state index contributed by atoms with van der Waals surface area (Å²) in [6.45, 7) is 0. The van der Waals surface area contributed by atoms with Gasteiger partial charge in [0.15, 0.2) is 0 Å². The topological polar surface area (TPSA) is 24.4 Å². The average Bonchev–Trinajstić information content (AvgIpc) is 2.63. The summed E-state index contributed by atoms with van der Waals surface area (Å²) in [5, 5.41) is 4.57. The van der Waals surface area contributed by atoms with Gasteiger partial charge in [-0.15, -0.1) is 0 Å². The Labute approximate surface area is 178 Å². The molecule has 4 rings (SSSR count). The van der Waals surface area contributed by atoms with Gasteiger partial charge in [0, 0.05) is 8.95 Å². The summed E-state index contributed by atoms with van der Waals surface area (Å²) in [5.41, 5.74) is 4.75. The first-order chi connectivity index (χ1) is 12.5. The van der Waals surface area contributed by atoms with Gasteiger partial charge in [0.2, 0.25) is 0 Å². The summed E-state index contributed by atoms with van der Waals surface area (Å²) < 4.78 is 2.07. The highest BCUT2D eigenvalue weighted by Crippen LogP contribution is 2.41. The van der Waals surface area contributed by atoms with Crippen LogP contribution in [-0.4, -0.2) is 5.71 Å². The minimum atomic E-state index is -0.0889. The normalized spacial score (nSPS) is 15.8. The highest BCUT2D eigenvalue weighted by Gasteiger charge is 2.26. The van der Waals surface area contributed by atoms with Crippen LogP contribution in [0, 0.1) is 0 Å². The maximum atomic E-state index is 6.20. The molecule has 0 aromatic heterocycles. The molecule has 0 saturated heterocycles. The second kappa shape index (κ2) is 7.35. The Balaban J connectivity index is 1.87. The van der Waals surface area contributed by atoms with Crippen molar-refractivity contribution in [3.8, 4) is 0 Å². The van der Waals surface area contributed by atoms with E-state index in [2.05, 4.69) is 61.4 Å². The van der Waals surface area contributed by atoms with Crippen molar-refractivity contribution in [1.29, 1.82) is 0 Å². The quantitative estimate of drug-likeness (QED) is 0.373. The van der Waals surface area contributed by atoms with Gasteiger partial charge in [0.1, 0.15) is 0 Å². The van der Waals surface area contributed by atoms with Gasteiger partial charge in [-0.05, 0) is 47.5 Å². The zero-order valence-corrected chi connectivity index (χ0v) is 18.0. The molecule has 0 fully saturated rings. The first kappa shape index (κ1) is 18.1. The van der Waals surface area contributed by atoms with Crippen LogP contribution in [0.25, 0.3) is 0 Å². The van der Waals surface area contributed by atoms with E-state index in [1.54, 1.807) is 6.07 Å². The number of hydrogen-bond acceptors (Lipinski definition) is 2. The molecule has 26 heavy (non-hydrogen) atoms. The lowest BCUT2D eigenvalue weighted by atomic mass is 9.94. The molecule has 3 aromatic carbocycles. The third-order valence-corrected chi connectivity index (χ3v) is 5.98. The molecule has 0 bridgehead atoms. The Morgan fingerprint density at radius 2 is 1.38 bits per heavy atom. The van der Waals surface area contributed by atoms with Gasteiger partial charge < -0.3 is 5.32 Å². The van der Waals surface area contributed by atoms with Crippen LogP contribution >= 0.6 is 55.1 Å². The summed E-state index contributed by atoms with van der Waals surface area (Å²) in [6, 6.07) is 19.9. The van der Waals surface area contributed by atoms with E-state index in [1.165, 1.54) is 0 Å². The van der Waals surface area contributed by atoms with Gasteiger partial charge in [-0.2, -0.15) is 0 Å². The van der Waals surface area contributed by atoms with Crippen molar-refractivity contribution in [1.82, 2.24) is 0 Å². The Bertz CT molecular complexity index is 1000. The Hall–Kier alpha value is -1.33. The lowest BCUT2D eigenvalue weighted by Crippen LogP contribution is -2.25. The molecule has 0 saturated carbocycles. The van der Waals surface area contributed by atoms with Crippen LogP contribution < -0.4 is 5.32 Å². The predicted molar refractivity (Wildman–Crippen MR) is 117 cm³/mol. The molecule has 6 heteroatoms. The van der Waals surface area contributed by atoms with Gasteiger partial charge in [0.25, 0.3) is 0 Å². The zero-order valence-electron chi connectivity index (χ0n) is 13.3. The average molecular weight is 511 g/mol. The van der Waals surface area contributed by atoms with E-state index in [0.717, 1.165) is 37.2 Å². The predicted octanol–water partition coefficient (Wildman–Crippen LogP) is 7.81. The second-order valence-corrected chi connectivity index (χ2v) is 8.56. The Morgan fingerprint density at radius 1 is 0.808 bits per heavy atom. The lowest BCUT2D eigenvalue weighted by Gasteiger charge is -2.28. The van der Waals surface area contributed by atoms with E-state index < -0.39 is 0 Å². The molecule has 1 unspecified atom stereocenters. The lowest BCUT2D eigenvalue weighted by molar-refractivity contribution is 1.01. The molecule has 1 atom stereocenters. The first-order valence-electron chi connectivity index (χ1n) is 7.87. The smallest absolute Gasteiger partial charge is 0.0947 e. The molecule has 0 spiro atoms. The van der Waals surface area contributed by atoms with Crippen molar-refractivity contribution in [2.24, 2.45) is 4.99 Å². The van der Waals surface area contributed by atoms with Crippen molar-refractivity contribution in [2.45, 2.75) is 6.04 Å². The van der Waals surface area contributed by atoms with Crippen LogP contribution in [0.5, 0.6) is 0 Å². The van der Waals surface area contributed by atoms with Gasteiger partial charge in [0.05, 0.1) is 33.2 Å². The van der Waals surface area contributed by atoms with Crippen LogP contribution in [0.15, 0.2) is 74.6 Å². The van der Waals surface area contributed by atoms with Crippen molar-refractivity contribution < 1.29 is 0 Å². The molecule has 1 N–H and O–H groups in total. The fraction of sp³-hybridized carbons (Fsp3) is 0.0500. The molecular weight excluding hydrogens is 499 g/mol. The summed E-state index contributed by atoms with van der Waals surface area (Å²) in [6.07, 6.45) is 0. The second-order valence-electron chi connectivity index (χ2n) is 5.92. The zero-order chi connectivity index (χ0) is 18.3. The van der Waals surface area contributed by atoms with E-state index in [0.29, 0.717) is 10.0 Å². The number of rotatable bonds is 2. The minimum Gasteiger partial charge on any atom is -0.371 e. The van der Waals surface area contributed by atoms with E-state index >= 15 is 0 Å². The number of anilines is 1. The van der Waals surface area contributed by atoms with Crippen LogP contribution in [0.3, 0.4) is 0 Å². The molecular formula is C20H12Br2Cl2N2. The van der Waals surface area contributed by atoms with Gasteiger partial charge >= 0.3 is 0 Å². The standard InChI is InChI=1S/C20H12Br2Cl2N2/c21-13-5-1-11(2-6-13)19-20(12-3-7-14(22)8-4-12)26-18-10-16(24)15(23)9-17(18)25-19/h1-10,19,25H. The third kappa shape index (κ3) is 3.56. The SMILES string of the molecule is Clc1cc2c(cc1Cl)NC(c1ccc(Br)cc1)C(c1ccc(Br)cc1)=N2. The molecule has 130 valence electrons. The summed E-state index contributed by atoms with van der Waals surface area (Å²) >= 11 is 19.4. The van der Waals surface area contributed by atoms with E-state index in [1.807, 2.05) is 30.3 Å². The fourth-order valence-corrected chi connectivity index (χ4v) is 3.76. The van der Waals surface area contributed by atoms with Crippen molar-refractivity contribution >= 4 is 72.1 Å². The Kier molecular flexibility index (Phi) is 5.11. The first-order valence-corrected chi connectivity index (χ1v) is 10.2. The number of nitrogens with zero attached hydrogens (tertiary/aromatic N) is 1. The van der Waals surface area contributed by atoms with Gasteiger partial charge in [-0.25, -0.2) is 4.99 Å². The van der Waals surface area contributed by atoms with E-state index in [9.17, 15) is 0 Å². The van der Waals surface area contributed by atoms with Crippen molar-refractivity contribution in [3.05, 3.63) is 90.8 Å². The number of benzene rings is 3. The maximum absolute atomic E-state index is 6.20. The minimum absolute atomic E-state index is 0.0889. The number of aliphatic imine (C=N–C) groups is 1. The fourth-order valence-electron chi connectivity index (χ4n) is 2.91. The van der Waals surface area contributed by atoms with Crippen LogP contribution in [-0.2, 0) is 0 Å². The Morgan fingerprint density at radius 3 is 2.04 bits per heavy atom. The number of nitrogens with one attached hydrogen (secondary N) is 1. The van der Waals surface area contributed by atoms with Crippen molar-refractivity contribution in [3.63, 3.8) is 0 Å². The van der Waals surface area contributed by atoms with E-state index in [-0.39, 0.29) is 6.04 Å². The number of fused-ring (bicyclic) bond motifs is 1. The summed E-state index contributed by atoms with van der Waals surface area (Å²) in [4.78, 5) is 4.91. The third-order valence-electron chi connectivity index (χ3n) is 4.20.